The summed E-state index contributed by atoms with van der Waals surface area (Å²) in [5, 5.41) is 0. The van der Waals surface area contributed by atoms with Crippen molar-refractivity contribution >= 4 is 28.7 Å². The molecule has 0 aliphatic heterocycles. The molecule has 0 aromatic carbocycles. The number of carbonyl (C=O) groups is 1. The summed E-state index contributed by atoms with van der Waals surface area (Å²) in [5.74, 6) is 0.858. The lowest BCUT2D eigenvalue weighted by atomic mass is 9.73. The SMILES string of the molecule is CC1CCCC(C(=O)c2ccc(Cl)s2)(N(C)C)C1. The average molecular weight is 286 g/mol. The van der Waals surface area contributed by atoms with Crippen molar-refractivity contribution in [3.05, 3.63) is 21.3 Å². The first-order chi connectivity index (χ1) is 8.45. The highest BCUT2D eigenvalue weighted by molar-refractivity contribution is 7.18. The number of nitrogens with zero attached hydrogens (tertiary/aromatic N) is 1. The molecule has 1 saturated carbocycles. The standard InChI is InChI=1S/C14H20ClNOS/c1-10-5-4-8-14(9-10,16(2)3)13(17)11-6-7-12(15)18-11/h6-7,10H,4-5,8-9H2,1-3H3. The van der Waals surface area contributed by atoms with Crippen molar-refractivity contribution in [3.8, 4) is 0 Å². The van der Waals surface area contributed by atoms with Crippen molar-refractivity contribution < 1.29 is 4.79 Å². The third-order valence-corrected chi connectivity index (χ3v) is 5.28. The van der Waals surface area contributed by atoms with E-state index >= 15 is 0 Å². The van der Waals surface area contributed by atoms with Crippen molar-refractivity contribution in [2.75, 3.05) is 14.1 Å². The van der Waals surface area contributed by atoms with Gasteiger partial charge in [0.2, 0.25) is 0 Å². The van der Waals surface area contributed by atoms with Crippen molar-refractivity contribution in [1.29, 1.82) is 0 Å². The number of halogens is 1. The second-order valence-corrected chi connectivity index (χ2v) is 7.28. The van der Waals surface area contributed by atoms with Crippen LogP contribution in [0, 0.1) is 5.92 Å². The molecule has 1 aliphatic rings. The summed E-state index contributed by atoms with van der Waals surface area (Å²) in [4.78, 5) is 15.7. The molecule has 0 N–H and O–H groups in total. The number of Topliss-reactive ketones (excluding diaryl/α,β-unsaturated/α-hetero) is 1. The molecule has 1 aromatic heterocycles. The Morgan fingerprint density at radius 2 is 2.22 bits per heavy atom. The third-order valence-electron chi connectivity index (χ3n) is 4.05. The lowest BCUT2D eigenvalue weighted by Gasteiger charge is -2.43. The Morgan fingerprint density at radius 1 is 1.50 bits per heavy atom. The Hall–Kier alpha value is -0.380. The second-order valence-electron chi connectivity index (χ2n) is 5.56. The zero-order valence-electron chi connectivity index (χ0n) is 11.2. The fourth-order valence-corrected chi connectivity index (χ4v) is 4.08. The molecule has 1 aromatic rings. The average Bonchev–Trinajstić information content (AvgIpc) is 2.74. The van der Waals surface area contributed by atoms with Gasteiger partial charge in [-0.2, -0.15) is 0 Å². The van der Waals surface area contributed by atoms with E-state index in [1.165, 1.54) is 17.8 Å². The third kappa shape index (κ3) is 2.49. The van der Waals surface area contributed by atoms with Gasteiger partial charge in [-0.3, -0.25) is 9.69 Å². The number of ketones is 1. The van der Waals surface area contributed by atoms with Gasteiger partial charge in [0.15, 0.2) is 5.78 Å². The molecule has 4 heteroatoms. The van der Waals surface area contributed by atoms with E-state index in [2.05, 4.69) is 11.8 Å². The maximum Gasteiger partial charge on any atom is 0.193 e. The Balaban J connectivity index is 2.32. The maximum atomic E-state index is 12.8. The summed E-state index contributed by atoms with van der Waals surface area (Å²) in [6.45, 7) is 2.24. The first-order valence-corrected chi connectivity index (χ1v) is 7.63. The number of hydrogen-bond donors (Lipinski definition) is 0. The Kier molecular flexibility index (Phi) is 4.15. The molecule has 2 rings (SSSR count). The molecule has 2 atom stereocenters. The molecule has 0 amide bonds. The van der Waals surface area contributed by atoms with E-state index in [9.17, 15) is 4.79 Å². The van der Waals surface area contributed by atoms with Gasteiger partial charge < -0.3 is 0 Å². The number of thiophene rings is 1. The molecule has 1 aliphatic carbocycles. The Labute approximate surface area is 118 Å². The largest absolute Gasteiger partial charge is 0.297 e. The van der Waals surface area contributed by atoms with Gasteiger partial charge in [-0.1, -0.05) is 31.4 Å². The number of rotatable bonds is 3. The highest BCUT2D eigenvalue weighted by Gasteiger charge is 2.44. The van der Waals surface area contributed by atoms with Gasteiger partial charge >= 0.3 is 0 Å². The molecule has 1 fully saturated rings. The first-order valence-electron chi connectivity index (χ1n) is 6.43. The molecule has 100 valence electrons. The van der Waals surface area contributed by atoms with Crippen LogP contribution in [0.4, 0.5) is 0 Å². The maximum absolute atomic E-state index is 12.8. The van der Waals surface area contributed by atoms with Gasteiger partial charge in [0.05, 0.1) is 14.8 Å². The minimum absolute atomic E-state index is 0.246. The van der Waals surface area contributed by atoms with Crippen molar-refractivity contribution in [1.82, 2.24) is 4.90 Å². The summed E-state index contributed by atoms with van der Waals surface area (Å²) in [5.41, 5.74) is -0.328. The van der Waals surface area contributed by atoms with E-state index in [1.807, 2.05) is 26.2 Å². The highest BCUT2D eigenvalue weighted by Crippen LogP contribution is 2.39. The minimum atomic E-state index is -0.328. The Morgan fingerprint density at radius 3 is 2.72 bits per heavy atom. The van der Waals surface area contributed by atoms with Gasteiger partial charge in [-0.25, -0.2) is 0 Å². The smallest absolute Gasteiger partial charge is 0.193 e. The monoisotopic (exact) mass is 285 g/mol. The predicted molar refractivity (Wildman–Crippen MR) is 77.7 cm³/mol. The summed E-state index contributed by atoms with van der Waals surface area (Å²) in [7, 11) is 4.04. The van der Waals surface area contributed by atoms with Crippen LogP contribution >= 0.6 is 22.9 Å². The zero-order valence-corrected chi connectivity index (χ0v) is 12.8. The first kappa shape index (κ1) is 14.0. The molecule has 0 radical (unpaired) electrons. The van der Waals surface area contributed by atoms with Crippen molar-refractivity contribution in [2.24, 2.45) is 5.92 Å². The molecule has 2 nitrogen and oxygen atoms in total. The van der Waals surface area contributed by atoms with Gasteiger partial charge in [-0.15, -0.1) is 11.3 Å². The van der Waals surface area contributed by atoms with Crippen LogP contribution in [-0.4, -0.2) is 30.3 Å². The van der Waals surface area contributed by atoms with Gasteiger partial charge in [0, 0.05) is 0 Å². The van der Waals surface area contributed by atoms with E-state index in [4.69, 9.17) is 11.6 Å². The Bertz CT molecular complexity index is 443. The van der Waals surface area contributed by atoms with Crippen LogP contribution < -0.4 is 0 Å². The van der Waals surface area contributed by atoms with Crippen LogP contribution in [0.25, 0.3) is 0 Å². The molecule has 0 spiro atoms. The summed E-state index contributed by atoms with van der Waals surface area (Å²) < 4.78 is 0.691. The minimum Gasteiger partial charge on any atom is -0.297 e. The molecular formula is C14H20ClNOS. The molecule has 18 heavy (non-hydrogen) atoms. The number of hydrogen-bond acceptors (Lipinski definition) is 3. The molecular weight excluding hydrogens is 266 g/mol. The van der Waals surface area contributed by atoms with Gasteiger partial charge in [-0.05, 0) is 45.0 Å². The molecule has 0 bridgehead atoms. The molecule has 1 heterocycles. The predicted octanol–water partition coefficient (Wildman–Crippen LogP) is 4.09. The van der Waals surface area contributed by atoms with Gasteiger partial charge in [0.25, 0.3) is 0 Å². The van der Waals surface area contributed by atoms with E-state index in [0.717, 1.165) is 24.1 Å². The lowest BCUT2D eigenvalue weighted by Crippen LogP contribution is -2.53. The fraction of sp³-hybridized carbons (Fsp3) is 0.643. The van der Waals surface area contributed by atoms with Crippen LogP contribution in [0.1, 0.15) is 42.3 Å². The molecule has 0 saturated heterocycles. The van der Waals surface area contributed by atoms with Crippen LogP contribution in [0.15, 0.2) is 12.1 Å². The fourth-order valence-electron chi connectivity index (χ4n) is 3.00. The van der Waals surface area contributed by atoms with E-state index in [-0.39, 0.29) is 11.3 Å². The van der Waals surface area contributed by atoms with Gasteiger partial charge in [0.1, 0.15) is 0 Å². The summed E-state index contributed by atoms with van der Waals surface area (Å²) in [6.07, 6.45) is 4.27. The van der Waals surface area contributed by atoms with E-state index in [0.29, 0.717) is 10.3 Å². The summed E-state index contributed by atoms with van der Waals surface area (Å²) >= 11 is 7.35. The zero-order chi connectivity index (χ0) is 13.3. The normalized spacial score (nSPS) is 28.6. The lowest BCUT2D eigenvalue weighted by molar-refractivity contribution is 0.0491. The quantitative estimate of drug-likeness (QED) is 0.780. The second kappa shape index (κ2) is 5.32. The number of likely N-dealkylation sites (N-methyl/N-ethyl adjacent to an activating group) is 1. The van der Waals surface area contributed by atoms with Crippen LogP contribution in [-0.2, 0) is 0 Å². The van der Waals surface area contributed by atoms with Crippen LogP contribution in [0.5, 0.6) is 0 Å². The van der Waals surface area contributed by atoms with Crippen molar-refractivity contribution in [3.63, 3.8) is 0 Å². The van der Waals surface area contributed by atoms with Crippen LogP contribution in [0.2, 0.25) is 4.34 Å². The number of carbonyl (C=O) groups excluding carboxylic acids is 1. The molecule has 2 unspecified atom stereocenters. The van der Waals surface area contributed by atoms with Crippen molar-refractivity contribution in [2.45, 2.75) is 38.1 Å². The summed E-state index contributed by atoms with van der Waals surface area (Å²) in [6, 6.07) is 3.68. The topological polar surface area (TPSA) is 20.3 Å². The highest BCUT2D eigenvalue weighted by atomic mass is 35.5. The van der Waals surface area contributed by atoms with E-state index in [1.54, 1.807) is 0 Å². The van der Waals surface area contributed by atoms with Crippen LogP contribution in [0.3, 0.4) is 0 Å². The van der Waals surface area contributed by atoms with E-state index < -0.39 is 0 Å².